The molecule has 1 unspecified atom stereocenters. The topological polar surface area (TPSA) is 70.7 Å². The molecule has 24 heavy (non-hydrogen) atoms. The van der Waals surface area contributed by atoms with E-state index in [9.17, 15) is 9.90 Å². The normalized spacial score (nSPS) is 17.5. The van der Waals surface area contributed by atoms with Gasteiger partial charge in [0.25, 0.3) is 0 Å². The van der Waals surface area contributed by atoms with Gasteiger partial charge < -0.3 is 5.11 Å². The molecule has 7 heteroatoms. The molecule has 1 fully saturated rings. The van der Waals surface area contributed by atoms with Crippen LogP contribution in [0.15, 0.2) is 30.6 Å². The molecule has 1 saturated heterocycles. The highest BCUT2D eigenvalue weighted by molar-refractivity contribution is 7.17. The number of hydrogen-bond donors (Lipinski definition) is 1. The number of ketones is 1. The Labute approximate surface area is 143 Å². The predicted molar refractivity (Wildman–Crippen MR) is 91.4 cm³/mol. The highest BCUT2D eigenvalue weighted by Crippen LogP contribution is 2.40. The lowest BCUT2D eigenvalue weighted by molar-refractivity contribution is -0.121. The van der Waals surface area contributed by atoms with E-state index >= 15 is 0 Å². The molecule has 1 N–H and O–H groups in total. The van der Waals surface area contributed by atoms with Crippen molar-refractivity contribution in [2.75, 3.05) is 13.1 Å². The van der Waals surface area contributed by atoms with Crippen LogP contribution in [0.3, 0.4) is 0 Å². The number of carbonyl (C=O) groups excluding carboxylic acids is 1. The van der Waals surface area contributed by atoms with Crippen molar-refractivity contribution in [2.45, 2.75) is 25.8 Å². The van der Waals surface area contributed by atoms with Gasteiger partial charge in [0, 0.05) is 25.9 Å². The van der Waals surface area contributed by atoms with Crippen LogP contribution in [0, 0.1) is 6.92 Å². The second-order valence-corrected chi connectivity index (χ2v) is 7.14. The fraction of sp³-hybridized carbons (Fsp3) is 0.353. The van der Waals surface area contributed by atoms with Crippen LogP contribution < -0.4 is 0 Å². The number of hydrogen-bond acceptors (Lipinski definition) is 6. The maximum atomic E-state index is 11.6. The number of Topliss-reactive ketones (excluding diaryl/α,β-unsaturated/α-hetero) is 1. The zero-order valence-corrected chi connectivity index (χ0v) is 14.2. The van der Waals surface area contributed by atoms with Gasteiger partial charge in [-0.05, 0) is 12.5 Å². The molecular weight excluding hydrogens is 324 g/mol. The molecule has 3 aromatic rings. The maximum Gasteiger partial charge on any atom is 0.230 e. The van der Waals surface area contributed by atoms with E-state index in [2.05, 4.69) is 40.1 Å². The first-order valence-electron chi connectivity index (χ1n) is 7.97. The summed E-state index contributed by atoms with van der Waals surface area (Å²) in [6.07, 6.45) is 2.56. The molecular formula is C17H18N4O2S. The molecule has 0 radical (unpaired) electrons. The van der Waals surface area contributed by atoms with Crippen LogP contribution in [0.2, 0.25) is 0 Å². The van der Waals surface area contributed by atoms with Crippen LogP contribution in [-0.4, -0.2) is 43.5 Å². The number of carbonyl (C=O) groups is 1. The Morgan fingerprint density at radius 2 is 2.08 bits per heavy atom. The predicted octanol–water partition coefficient (Wildman–Crippen LogP) is 2.56. The lowest BCUT2D eigenvalue weighted by Gasteiger charge is -2.33. The number of aromatic nitrogens is 3. The number of nitrogens with zero attached hydrogens (tertiary/aromatic N) is 4. The van der Waals surface area contributed by atoms with E-state index in [1.165, 1.54) is 27.7 Å². The van der Waals surface area contributed by atoms with Gasteiger partial charge in [-0.25, -0.2) is 4.98 Å². The summed E-state index contributed by atoms with van der Waals surface area (Å²) in [6.45, 7) is 3.46. The van der Waals surface area contributed by atoms with E-state index in [-0.39, 0.29) is 11.9 Å². The Hall–Kier alpha value is -2.25. The first kappa shape index (κ1) is 15.3. The van der Waals surface area contributed by atoms with Crippen LogP contribution in [0.4, 0.5) is 0 Å². The molecule has 0 saturated carbocycles. The fourth-order valence-electron chi connectivity index (χ4n) is 3.27. The number of piperidine rings is 1. The van der Waals surface area contributed by atoms with Gasteiger partial charge in [0.1, 0.15) is 12.1 Å². The summed E-state index contributed by atoms with van der Waals surface area (Å²) in [5.74, 6) is 0.442. The zero-order chi connectivity index (χ0) is 16.7. The quantitative estimate of drug-likeness (QED) is 0.792. The SMILES string of the molecule is Cc1cccc(C(c2sc3ncnn3c2O)N2CCC(=O)CC2)c1. The van der Waals surface area contributed by atoms with E-state index < -0.39 is 0 Å². The standard InChI is InChI=1S/C17H18N4O2S/c1-11-3-2-4-12(9-11)14(20-7-5-13(22)6-8-20)15-16(23)21-17(24-15)18-10-19-21/h2-4,9-10,14,23H,5-8H2,1H3. The van der Waals surface area contributed by atoms with Gasteiger partial charge in [-0.1, -0.05) is 41.2 Å². The zero-order valence-electron chi connectivity index (χ0n) is 13.3. The maximum absolute atomic E-state index is 11.6. The van der Waals surface area contributed by atoms with Crippen molar-refractivity contribution >= 4 is 22.1 Å². The average Bonchev–Trinajstić information content (AvgIpc) is 3.14. The number of fused-ring (bicyclic) bond motifs is 1. The molecule has 0 aliphatic carbocycles. The first-order valence-corrected chi connectivity index (χ1v) is 8.79. The summed E-state index contributed by atoms with van der Waals surface area (Å²) >= 11 is 1.45. The Morgan fingerprint density at radius 3 is 2.79 bits per heavy atom. The third-order valence-corrected chi connectivity index (χ3v) is 5.55. The smallest absolute Gasteiger partial charge is 0.230 e. The molecule has 4 rings (SSSR count). The van der Waals surface area contributed by atoms with E-state index in [4.69, 9.17) is 0 Å². The molecule has 3 heterocycles. The molecule has 1 atom stereocenters. The summed E-state index contributed by atoms with van der Waals surface area (Å²) in [6, 6.07) is 8.20. The Bertz CT molecular complexity index is 891. The van der Waals surface area contributed by atoms with Crippen molar-refractivity contribution in [3.8, 4) is 5.88 Å². The van der Waals surface area contributed by atoms with Gasteiger partial charge in [0.05, 0.1) is 10.9 Å². The van der Waals surface area contributed by atoms with Gasteiger partial charge in [-0.2, -0.15) is 9.61 Å². The van der Waals surface area contributed by atoms with Gasteiger partial charge in [0.15, 0.2) is 0 Å². The number of aromatic hydroxyl groups is 1. The molecule has 0 bridgehead atoms. The Morgan fingerprint density at radius 1 is 1.29 bits per heavy atom. The minimum atomic E-state index is -0.0912. The molecule has 2 aromatic heterocycles. The third-order valence-electron chi connectivity index (χ3n) is 4.47. The van der Waals surface area contributed by atoms with Gasteiger partial charge >= 0.3 is 0 Å². The summed E-state index contributed by atoms with van der Waals surface area (Å²) < 4.78 is 1.47. The van der Waals surface area contributed by atoms with Crippen LogP contribution in [0.25, 0.3) is 4.96 Å². The monoisotopic (exact) mass is 342 g/mol. The number of likely N-dealkylation sites (tertiary alicyclic amines) is 1. The highest BCUT2D eigenvalue weighted by Gasteiger charge is 2.31. The van der Waals surface area contributed by atoms with Crippen molar-refractivity contribution < 1.29 is 9.90 Å². The Balaban J connectivity index is 1.81. The van der Waals surface area contributed by atoms with Crippen LogP contribution in [-0.2, 0) is 4.79 Å². The number of aryl methyl sites for hydroxylation is 1. The molecule has 1 aliphatic rings. The van der Waals surface area contributed by atoms with Crippen molar-refractivity contribution in [3.63, 3.8) is 0 Å². The fourth-order valence-corrected chi connectivity index (χ4v) is 4.36. The van der Waals surface area contributed by atoms with Crippen molar-refractivity contribution in [1.29, 1.82) is 0 Å². The van der Waals surface area contributed by atoms with E-state index in [1.54, 1.807) is 0 Å². The largest absolute Gasteiger partial charge is 0.492 e. The second-order valence-electron chi connectivity index (χ2n) is 6.14. The molecule has 0 amide bonds. The van der Waals surface area contributed by atoms with Crippen molar-refractivity contribution in [3.05, 3.63) is 46.6 Å². The highest BCUT2D eigenvalue weighted by atomic mass is 32.1. The second kappa shape index (κ2) is 5.99. The number of thiazole rings is 1. The molecule has 124 valence electrons. The summed E-state index contributed by atoms with van der Waals surface area (Å²) in [5, 5.41) is 14.7. The summed E-state index contributed by atoms with van der Waals surface area (Å²) in [4.78, 5) is 19.6. The lowest BCUT2D eigenvalue weighted by atomic mass is 9.98. The minimum absolute atomic E-state index is 0.0912. The molecule has 1 aliphatic heterocycles. The van der Waals surface area contributed by atoms with Crippen LogP contribution >= 0.6 is 11.3 Å². The number of benzene rings is 1. The summed E-state index contributed by atoms with van der Waals surface area (Å²) in [7, 11) is 0. The van der Waals surface area contributed by atoms with E-state index in [0.717, 1.165) is 10.4 Å². The summed E-state index contributed by atoms with van der Waals surface area (Å²) in [5.41, 5.74) is 2.29. The molecule has 1 aromatic carbocycles. The first-order chi connectivity index (χ1) is 11.6. The molecule has 0 spiro atoms. The van der Waals surface area contributed by atoms with Gasteiger partial charge in [-0.15, -0.1) is 0 Å². The van der Waals surface area contributed by atoms with Gasteiger partial charge in [-0.3, -0.25) is 9.69 Å². The molecule has 6 nitrogen and oxygen atoms in total. The van der Waals surface area contributed by atoms with E-state index in [1.807, 2.05) is 6.07 Å². The lowest BCUT2D eigenvalue weighted by Crippen LogP contribution is -2.37. The third kappa shape index (κ3) is 2.59. The van der Waals surface area contributed by atoms with Crippen molar-refractivity contribution in [1.82, 2.24) is 19.5 Å². The number of rotatable bonds is 3. The van der Waals surface area contributed by atoms with Gasteiger partial charge in [0.2, 0.25) is 10.8 Å². The minimum Gasteiger partial charge on any atom is -0.492 e. The average molecular weight is 342 g/mol. The van der Waals surface area contributed by atoms with E-state index in [0.29, 0.717) is 36.7 Å². The van der Waals surface area contributed by atoms with Crippen LogP contribution in [0.5, 0.6) is 5.88 Å². The van der Waals surface area contributed by atoms with Crippen LogP contribution in [0.1, 0.15) is 34.9 Å². The Kier molecular flexibility index (Phi) is 3.82. The van der Waals surface area contributed by atoms with Crippen molar-refractivity contribution in [2.24, 2.45) is 0 Å².